The van der Waals surface area contributed by atoms with E-state index in [9.17, 15) is 0 Å². The predicted octanol–water partition coefficient (Wildman–Crippen LogP) is 15.5. The molecule has 1 N–H and O–H groups in total. The van der Waals surface area contributed by atoms with Gasteiger partial charge < -0.3 is 14.2 Å². The second-order valence-corrected chi connectivity index (χ2v) is 21.0. The number of hydrogen-bond acceptors (Lipinski definition) is 4. The van der Waals surface area contributed by atoms with Crippen molar-refractivity contribution in [1.82, 2.24) is 0 Å². The summed E-state index contributed by atoms with van der Waals surface area (Å²) >= 11 is 0. The van der Waals surface area contributed by atoms with E-state index in [1.165, 1.54) is 38.8 Å². The Morgan fingerprint density at radius 3 is 1.89 bits per heavy atom. The smallest absolute Gasteiger partial charge is 0.204 e. The summed E-state index contributed by atoms with van der Waals surface area (Å²) in [6.07, 6.45) is 0. The van der Waals surface area contributed by atoms with Gasteiger partial charge in [-0.3, -0.25) is 4.90 Å². The lowest BCUT2D eigenvalue weighted by Gasteiger charge is -2.34. The molecule has 0 radical (unpaired) electrons. The van der Waals surface area contributed by atoms with Crippen molar-refractivity contribution in [2.75, 3.05) is 10.2 Å². The average Bonchev–Trinajstić information content (AvgIpc) is 3.95. The second kappa shape index (κ2) is 14.4. The van der Waals surface area contributed by atoms with Gasteiger partial charge in [0, 0.05) is 44.1 Å². The molecule has 8 aromatic carbocycles. The Hall–Kier alpha value is -7.24. The first-order chi connectivity index (χ1) is 31.7. The summed E-state index contributed by atoms with van der Waals surface area (Å²) in [6, 6.07) is 60.0. The lowest BCUT2D eigenvalue weighted by molar-refractivity contribution is 0.590. The van der Waals surface area contributed by atoms with E-state index < -0.39 is 0 Å². The average molecular weight is 857 g/mol. The quantitative estimate of drug-likeness (QED) is 0.175. The Labute approximate surface area is 388 Å². The summed E-state index contributed by atoms with van der Waals surface area (Å²) in [4.78, 5) is 2.39. The molecule has 322 valence electrons. The van der Waals surface area contributed by atoms with E-state index in [4.69, 9.17) is 8.83 Å². The molecule has 0 fully saturated rings. The molecular formula is C61H53BN2O2. The van der Waals surface area contributed by atoms with Crippen molar-refractivity contribution >= 4 is 79.7 Å². The summed E-state index contributed by atoms with van der Waals surface area (Å²) < 4.78 is 14.2. The number of nitrogens with zero attached hydrogens (tertiary/aromatic N) is 1. The van der Waals surface area contributed by atoms with E-state index in [1.54, 1.807) is 0 Å². The third-order valence-electron chi connectivity index (χ3n) is 14.4. The number of para-hydroxylation sites is 2. The third kappa shape index (κ3) is 6.20. The molecule has 0 atom stereocenters. The van der Waals surface area contributed by atoms with Gasteiger partial charge in [-0.25, -0.2) is 0 Å². The molecule has 5 heteroatoms. The fraction of sp³-hybridized carbons (Fsp3) is 0.180. The molecule has 0 amide bonds. The lowest BCUT2D eigenvalue weighted by atomic mass is 9.58. The van der Waals surface area contributed by atoms with E-state index in [2.05, 4.69) is 229 Å². The van der Waals surface area contributed by atoms with Gasteiger partial charge in [0.1, 0.15) is 11.2 Å². The molecule has 10 aromatic rings. The monoisotopic (exact) mass is 856 g/mol. The van der Waals surface area contributed by atoms with Crippen molar-refractivity contribution < 1.29 is 8.83 Å². The van der Waals surface area contributed by atoms with Crippen LogP contribution in [-0.2, 0) is 16.2 Å². The number of benzene rings is 8. The van der Waals surface area contributed by atoms with Gasteiger partial charge in [0.05, 0.1) is 11.4 Å². The van der Waals surface area contributed by atoms with Crippen LogP contribution in [0.25, 0.3) is 66.3 Å². The van der Waals surface area contributed by atoms with E-state index in [0.29, 0.717) is 7.28 Å². The largest absolute Gasteiger partial charge is 0.454 e. The highest BCUT2D eigenvalue weighted by Gasteiger charge is 2.40. The van der Waals surface area contributed by atoms with E-state index >= 15 is 0 Å². The van der Waals surface area contributed by atoms with Crippen molar-refractivity contribution in [3.63, 3.8) is 0 Å². The van der Waals surface area contributed by atoms with Crippen molar-refractivity contribution in [2.24, 2.45) is 0 Å². The number of anilines is 5. The topological polar surface area (TPSA) is 41.6 Å². The van der Waals surface area contributed by atoms with Crippen LogP contribution in [0.2, 0.25) is 0 Å². The fourth-order valence-electron chi connectivity index (χ4n) is 10.8. The molecule has 2 aliphatic rings. The van der Waals surface area contributed by atoms with Crippen LogP contribution < -0.4 is 21.1 Å². The molecule has 12 rings (SSSR count). The molecule has 0 spiro atoms. The number of nitrogens with one attached hydrogen (secondary N) is 1. The maximum absolute atomic E-state index is 7.12. The highest BCUT2D eigenvalue weighted by Crippen LogP contribution is 2.54. The molecule has 0 saturated heterocycles. The zero-order chi connectivity index (χ0) is 45.3. The van der Waals surface area contributed by atoms with Gasteiger partial charge in [0.15, 0.2) is 11.5 Å². The molecule has 1 aliphatic carbocycles. The van der Waals surface area contributed by atoms with Crippen LogP contribution >= 0.6 is 0 Å². The van der Waals surface area contributed by atoms with E-state index in [0.717, 1.165) is 89.3 Å². The van der Waals surface area contributed by atoms with Gasteiger partial charge in [0.25, 0.3) is 0 Å². The van der Waals surface area contributed by atoms with Crippen LogP contribution in [0.4, 0.5) is 28.6 Å². The normalized spacial score (nSPS) is 14.0. The maximum Gasteiger partial charge on any atom is 0.204 e. The van der Waals surface area contributed by atoms with Gasteiger partial charge in [0.2, 0.25) is 7.28 Å². The minimum absolute atomic E-state index is 0.0460. The summed E-state index contributed by atoms with van der Waals surface area (Å²) in [5, 5.41) is 7.28. The van der Waals surface area contributed by atoms with Gasteiger partial charge in [-0.15, -0.1) is 0 Å². The van der Waals surface area contributed by atoms with Gasteiger partial charge in [-0.2, -0.15) is 0 Å². The van der Waals surface area contributed by atoms with Crippen molar-refractivity contribution in [2.45, 2.75) is 71.6 Å². The number of furan rings is 2. The molecule has 0 unspecified atom stereocenters. The first-order valence-corrected chi connectivity index (χ1v) is 23.4. The maximum atomic E-state index is 7.12. The SMILES string of the molecule is CC(C)(C)c1ccc(Nc2cc3c(cc2-c2cc4c(oc5ccccc54)c4c2Bc2c(oc5ccccc25)N4c2ccc(C(C)(C)C)cc2-c2ccccc2)-c2ccccc2C3(C)C)cc1. The summed E-state index contributed by atoms with van der Waals surface area (Å²) in [6.45, 7) is 18.4. The molecule has 2 aromatic heterocycles. The van der Waals surface area contributed by atoms with Crippen molar-refractivity contribution in [1.29, 1.82) is 0 Å². The number of hydrogen-bond donors (Lipinski definition) is 1. The first kappa shape index (κ1) is 40.3. The Bertz CT molecular complexity index is 3580. The Morgan fingerprint density at radius 1 is 0.500 bits per heavy atom. The zero-order valence-corrected chi connectivity index (χ0v) is 39.1. The molecule has 1 aliphatic heterocycles. The van der Waals surface area contributed by atoms with Gasteiger partial charge in [-0.05, 0) is 121 Å². The van der Waals surface area contributed by atoms with Crippen LogP contribution in [0.15, 0.2) is 173 Å². The second-order valence-electron chi connectivity index (χ2n) is 21.0. The molecule has 0 bridgehead atoms. The van der Waals surface area contributed by atoms with Gasteiger partial charge >= 0.3 is 0 Å². The van der Waals surface area contributed by atoms with Crippen LogP contribution in [0.5, 0.6) is 0 Å². The Morgan fingerprint density at radius 2 is 1.15 bits per heavy atom. The summed E-state index contributed by atoms with van der Waals surface area (Å²) in [7, 11) is 0.653. The molecular weight excluding hydrogens is 803 g/mol. The first-order valence-electron chi connectivity index (χ1n) is 23.4. The molecule has 0 saturated carbocycles. The number of rotatable bonds is 5. The lowest BCUT2D eigenvalue weighted by Crippen LogP contribution is -2.40. The highest BCUT2D eigenvalue weighted by atomic mass is 16.4. The zero-order valence-electron chi connectivity index (χ0n) is 39.1. The summed E-state index contributed by atoms with van der Waals surface area (Å²) in [5.41, 5.74) is 21.3. The Kier molecular flexibility index (Phi) is 8.78. The van der Waals surface area contributed by atoms with Crippen LogP contribution in [0.1, 0.15) is 77.6 Å². The third-order valence-corrected chi connectivity index (χ3v) is 14.4. The highest BCUT2D eigenvalue weighted by molar-refractivity contribution is 6.76. The van der Waals surface area contributed by atoms with Crippen LogP contribution in [0.3, 0.4) is 0 Å². The van der Waals surface area contributed by atoms with E-state index in [1.807, 2.05) is 0 Å². The standard InChI is InChI=1S/C61H53BN2O2/c1-59(2,3)37-26-29-39(30-27-37)63-50-35-49-44(40-20-12-15-23-48(40)61(49,7)8)33-45(50)46-34-47-41-21-13-16-24-52(41)65-57(47)56-54(46)62-55-42-22-14-17-25-53(42)66-58(55)64(56)51-31-28-38(60(4,5)6)32-43(51)36-18-10-9-11-19-36/h9-35,62-63H,1-8H3. The van der Waals surface area contributed by atoms with Crippen LogP contribution in [0, 0.1) is 0 Å². The fourth-order valence-corrected chi connectivity index (χ4v) is 10.8. The van der Waals surface area contributed by atoms with Crippen LogP contribution in [-0.4, -0.2) is 7.28 Å². The van der Waals surface area contributed by atoms with Gasteiger partial charge in [-0.1, -0.05) is 165 Å². The number of fused-ring (bicyclic) bond motifs is 11. The minimum atomic E-state index is -0.185. The molecule has 66 heavy (non-hydrogen) atoms. The summed E-state index contributed by atoms with van der Waals surface area (Å²) in [5.74, 6) is 0.824. The Balaban J connectivity index is 1.20. The minimum Gasteiger partial charge on any atom is -0.454 e. The van der Waals surface area contributed by atoms with Crippen molar-refractivity contribution in [3.05, 3.63) is 186 Å². The van der Waals surface area contributed by atoms with Crippen molar-refractivity contribution in [3.8, 4) is 33.4 Å². The predicted molar refractivity (Wildman–Crippen MR) is 280 cm³/mol. The molecule has 3 heterocycles. The molecule has 4 nitrogen and oxygen atoms in total. The van der Waals surface area contributed by atoms with E-state index in [-0.39, 0.29) is 16.2 Å².